The minimum Gasteiger partial charge on any atom is -0.480 e. The van der Waals surface area contributed by atoms with E-state index in [2.05, 4.69) is 10.6 Å². The third-order valence-electron chi connectivity index (χ3n) is 2.22. The first-order valence-corrected chi connectivity index (χ1v) is 4.82. The summed E-state index contributed by atoms with van der Waals surface area (Å²) in [5.41, 5.74) is 0. The normalized spacial score (nSPS) is 17.5. The average Bonchev–Trinajstić information content (AvgIpc) is 2.86. The Bertz CT molecular complexity index is 226. The monoisotopic (exact) mass is 200 g/mol. The largest absolute Gasteiger partial charge is 0.480 e. The molecule has 0 aliphatic heterocycles. The van der Waals surface area contributed by atoms with E-state index in [-0.39, 0.29) is 11.8 Å². The molecule has 0 spiro atoms. The van der Waals surface area contributed by atoms with E-state index >= 15 is 0 Å². The van der Waals surface area contributed by atoms with Crippen LogP contribution in [0.15, 0.2) is 0 Å². The SMILES string of the molecule is CC(=O)NCCNC(C(=O)O)C1CC1. The first-order chi connectivity index (χ1) is 6.61. The second-order valence-electron chi connectivity index (χ2n) is 3.59. The van der Waals surface area contributed by atoms with Gasteiger partial charge in [-0.3, -0.25) is 9.59 Å². The first kappa shape index (κ1) is 11.0. The lowest BCUT2D eigenvalue weighted by atomic mass is 10.2. The van der Waals surface area contributed by atoms with Crippen LogP contribution in [0.2, 0.25) is 0 Å². The molecule has 0 saturated heterocycles. The third kappa shape index (κ3) is 3.74. The summed E-state index contributed by atoms with van der Waals surface area (Å²) >= 11 is 0. The molecule has 1 amide bonds. The Hall–Kier alpha value is -1.10. The smallest absolute Gasteiger partial charge is 0.320 e. The molecule has 14 heavy (non-hydrogen) atoms. The number of aliphatic carboxylic acids is 1. The third-order valence-corrected chi connectivity index (χ3v) is 2.22. The number of carbonyl (C=O) groups is 2. The van der Waals surface area contributed by atoms with Crippen molar-refractivity contribution in [2.45, 2.75) is 25.8 Å². The molecule has 1 unspecified atom stereocenters. The summed E-state index contributed by atoms with van der Waals surface area (Å²) in [5.74, 6) is -0.606. The Morgan fingerprint density at radius 3 is 2.50 bits per heavy atom. The van der Waals surface area contributed by atoms with Gasteiger partial charge in [0, 0.05) is 20.0 Å². The second kappa shape index (κ2) is 4.95. The van der Waals surface area contributed by atoms with Crippen LogP contribution in [-0.4, -0.2) is 36.1 Å². The van der Waals surface area contributed by atoms with E-state index in [1.54, 1.807) is 0 Å². The van der Waals surface area contributed by atoms with Gasteiger partial charge < -0.3 is 15.7 Å². The number of carbonyl (C=O) groups excluding carboxylic acids is 1. The highest BCUT2D eigenvalue weighted by Crippen LogP contribution is 2.32. The summed E-state index contributed by atoms with van der Waals surface area (Å²) in [6, 6.07) is -0.441. The number of hydrogen-bond acceptors (Lipinski definition) is 3. The van der Waals surface area contributed by atoms with E-state index in [1.165, 1.54) is 6.92 Å². The molecule has 5 nitrogen and oxygen atoms in total. The molecule has 1 aliphatic carbocycles. The molecule has 0 aromatic heterocycles. The van der Waals surface area contributed by atoms with Gasteiger partial charge in [0.2, 0.25) is 5.91 Å². The molecule has 3 N–H and O–H groups in total. The number of amides is 1. The fourth-order valence-electron chi connectivity index (χ4n) is 1.35. The van der Waals surface area contributed by atoms with Crippen LogP contribution < -0.4 is 10.6 Å². The molecule has 5 heteroatoms. The predicted molar refractivity (Wildman–Crippen MR) is 50.8 cm³/mol. The van der Waals surface area contributed by atoms with E-state index in [9.17, 15) is 9.59 Å². The Morgan fingerprint density at radius 1 is 1.43 bits per heavy atom. The number of carboxylic acid groups (broad SMARTS) is 1. The van der Waals surface area contributed by atoms with Gasteiger partial charge in [-0.2, -0.15) is 0 Å². The topological polar surface area (TPSA) is 78.4 Å². The van der Waals surface area contributed by atoms with Gasteiger partial charge >= 0.3 is 5.97 Å². The highest BCUT2D eigenvalue weighted by atomic mass is 16.4. The summed E-state index contributed by atoms with van der Waals surface area (Å²) in [4.78, 5) is 21.3. The lowest BCUT2D eigenvalue weighted by Crippen LogP contribution is -2.42. The second-order valence-corrected chi connectivity index (χ2v) is 3.59. The number of rotatable bonds is 6. The molecule has 0 heterocycles. The summed E-state index contributed by atoms with van der Waals surface area (Å²) in [6.45, 7) is 2.43. The Kier molecular flexibility index (Phi) is 3.88. The van der Waals surface area contributed by atoms with E-state index in [0.717, 1.165) is 12.8 Å². The lowest BCUT2D eigenvalue weighted by molar-refractivity contribution is -0.140. The van der Waals surface area contributed by atoms with E-state index in [4.69, 9.17) is 5.11 Å². The van der Waals surface area contributed by atoms with Crippen LogP contribution in [0, 0.1) is 5.92 Å². The standard InChI is InChI=1S/C9H16N2O3/c1-6(12)10-4-5-11-8(9(13)14)7-2-3-7/h7-8,11H,2-5H2,1H3,(H,10,12)(H,13,14). The average molecular weight is 200 g/mol. The van der Waals surface area contributed by atoms with Crippen molar-refractivity contribution < 1.29 is 14.7 Å². The molecule has 1 rings (SSSR count). The van der Waals surface area contributed by atoms with Gasteiger partial charge in [0.25, 0.3) is 0 Å². The van der Waals surface area contributed by atoms with Crippen LogP contribution in [0.4, 0.5) is 0 Å². The minimum atomic E-state index is -0.796. The highest BCUT2D eigenvalue weighted by molar-refractivity contribution is 5.74. The van der Waals surface area contributed by atoms with Crippen LogP contribution in [0.25, 0.3) is 0 Å². The van der Waals surface area contributed by atoms with Crippen molar-refractivity contribution >= 4 is 11.9 Å². The zero-order valence-corrected chi connectivity index (χ0v) is 8.25. The zero-order chi connectivity index (χ0) is 10.6. The number of carboxylic acids is 1. The molecular weight excluding hydrogens is 184 g/mol. The van der Waals surface area contributed by atoms with Gasteiger partial charge in [-0.15, -0.1) is 0 Å². The van der Waals surface area contributed by atoms with Crippen molar-refractivity contribution in [3.8, 4) is 0 Å². The van der Waals surface area contributed by atoms with Crippen molar-refractivity contribution in [2.24, 2.45) is 5.92 Å². The van der Waals surface area contributed by atoms with Crippen molar-refractivity contribution in [2.75, 3.05) is 13.1 Å². The van der Waals surface area contributed by atoms with Crippen LogP contribution in [-0.2, 0) is 9.59 Å². The molecule has 0 bridgehead atoms. The predicted octanol–water partition coefficient (Wildman–Crippen LogP) is -0.425. The molecule has 1 fully saturated rings. The molecule has 1 atom stereocenters. The summed E-state index contributed by atoms with van der Waals surface area (Å²) in [5, 5.41) is 14.4. The molecular formula is C9H16N2O3. The van der Waals surface area contributed by atoms with Crippen molar-refractivity contribution in [1.29, 1.82) is 0 Å². The molecule has 1 saturated carbocycles. The first-order valence-electron chi connectivity index (χ1n) is 4.82. The fourth-order valence-corrected chi connectivity index (χ4v) is 1.35. The van der Waals surface area contributed by atoms with Crippen molar-refractivity contribution in [1.82, 2.24) is 10.6 Å². The maximum Gasteiger partial charge on any atom is 0.320 e. The van der Waals surface area contributed by atoms with E-state index < -0.39 is 12.0 Å². The Labute approximate surface area is 82.9 Å². The molecule has 0 radical (unpaired) electrons. The zero-order valence-electron chi connectivity index (χ0n) is 8.25. The van der Waals surface area contributed by atoms with Gasteiger partial charge in [-0.05, 0) is 18.8 Å². The van der Waals surface area contributed by atoms with Crippen molar-refractivity contribution in [3.63, 3.8) is 0 Å². The van der Waals surface area contributed by atoms with Crippen LogP contribution in [0.5, 0.6) is 0 Å². The Balaban J connectivity index is 2.14. The minimum absolute atomic E-state index is 0.0925. The molecule has 1 aliphatic rings. The van der Waals surface area contributed by atoms with Crippen molar-refractivity contribution in [3.05, 3.63) is 0 Å². The van der Waals surface area contributed by atoms with Gasteiger partial charge in [0.15, 0.2) is 0 Å². The van der Waals surface area contributed by atoms with E-state index in [0.29, 0.717) is 13.1 Å². The summed E-state index contributed by atoms with van der Waals surface area (Å²) in [6.07, 6.45) is 1.98. The van der Waals surface area contributed by atoms with Crippen LogP contribution >= 0.6 is 0 Å². The van der Waals surface area contributed by atoms with Gasteiger partial charge in [0.05, 0.1) is 0 Å². The maximum atomic E-state index is 10.8. The maximum absolute atomic E-state index is 10.8. The highest BCUT2D eigenvalue weighted by Gasteiger charge is 2.35. The van der Waals surface area contributed by atoms with Gasteiger partial charge in [-0.1, -0.05) is 0 Å². The van der Waals surface area contributed by atoms with Crippen LogP contribution in [0.3, 0.4) is 0 Å². The lowest BCUT2D eigenvalue weighted by Gasteiger charge is -2.13. The number of hydrogen-bond donors (Lipinski definition) is 3. The molecule has 80 valence electrons. The van der Waals surface area contributed by atoms with Gasteiger partial charge in [-0.25, -0.2) is 0 Å². The van der Waals surface area contributed by atoms with Gasteiger partial charge in [0.1, 0.15) is 6.04 Å². The van der Waals surface area contributed by atoms with E-state index in [1.807, 2.05) is 0 Å². The fraction of sp³-hybridized carbons (Fsp3) is 0.778. The molecule has 0 aromatic carbocycles. The number of nitrogens with one attached hydrogen (secondary N) is 2. The van der Waals surface area contributed by atoms with Crippen LogP contribution in [0.1, 0.15) is 19.8 Å². The summed E-state index contributed by atoms with van der Waals surface area (Å²) < 4.78 is 0. The summed E-state index contributed by atoms with van der Waals surface area (Å²) in [7, 11) is 0. The molecule has 0 aromatic rings. The quantitative estimate of drug-likeness (QED) is 0.509. The Morgan fingerprint density at radius 2 is 2.07 bits per heavy atom.